The number of nitrogens with two attached hydrogens (primary N) is 2. The maximum atomic E-state index is 13.3. The van der Waals surface area contributed by atoms with Gasteiger partial charge in [0.05, 0.1) is 35.7 Å². The van der Waals surface area contributed by atoms with Gasteiger partial charge >= 0.3 is 30.3 Å². The molecule has 28 nitrogen and oxygen atoms in total. The van der Waals surface area contributed by atoms with Gasteiger partial charge in [-0.15, -0.1) is 0 Å². The number of carbonyl (C=O) groups excluding carboxylic acids is 6. The number of ketones is 2. The van der Waals surface area contributed by atoms with Crippen molar-refractivity contribution in [2.45, 2.75) is 118 Å². The Labute approximate surface area is 640 Å². The van der Waals surface area contributed by atoms with Crippen LogP contribution in [0, 0.1) is 0 Å². The van der Waals surface area contributed by atoms with E-state index in [4.69, 9.17) is 48.8 Å². The maximum absolute atomic E-state index is 13.3. The highest BCUT2D eigenvalue weighted by atomic mass is 16.6. The lowest BCUT2D eigenvalue weighted by molar-refractivity contribution is 0.0230. The van der Waals surface area contributed by atoms with E-state index in [0.717, 1.165) is 71.6 Å². The fraction of sp³-hybridized carbons (Fsp3) is 0.366. The number of nitrogens with zero attached hydrogens (tertiary/aromatic N) is 8. The number of hydrogen-bond donors (Lipinski definition) is 6. The highest BCUT2D eigenvalue weighted by Gasteiger charge is 2.30. The number of carboxylic acid groups (broad SMARTS) is 1. The average Bonchev–Trinajstić information content (AvgIpc) is 0.950. The molecule has 0 aliphatic carbocycles. The van der Waals surface area contributed by atoms with Gasteiger partial charge in [-0.1, -0.05) is 0 Å². The molecule has 9 heterocycles. The Kier molecular flexibility index (Phi) is 27.2. The Bertz CT molecular complexity index is 4540. The molecule has 110 heavy (non-hydrogen) atoms. The van der Waals surface area contributed by atoms with E-state index in [0.29, 0.717) is 103 Å². The van der Waals surface area contributed by atoms with Gasteiger partial charge in [0.25, 0.3) is 0 Å². The number of aromatic nitrogens is 3. The number of pyridine rings is 3. The van der Waals surface area contributed by atoms with Crippen LogP contribution >= 0.6 is 0 Å². The Morgan fingerprint density at radius 3 is 1.16 bits per heavy atom. The van der Waals surface area contributed by atoms with E-state index in [1.165, 1.54) is 12.3 Å². The summed E-state index contributed by atoms with van der Waals surface area (Å²) in [5.74, 6) is 3.35. The zero-order chi connectivity index (χ0) is 79.5. The number of carboxylic acids is 1. The first-order chi connectivity index (χ1) is 52.1. The molecule has 6 aromatic heterocycles. The fourth-order valence-corrected chi connectivity index (χ4v) is 11.4. The van der Waals surface area contributed by atoms with Crippen molar-refractivity contribution in [2.24, 2.45) is 0 Å². The maximum Gasteiger partial charge on any atom is 0.412 e. The van der Waals surface area contributed by atoms with E-state index in [1.54, 1.807) is 125 Å². The summed E-state index contributed by atoms with van der Waals surface area (Å²) in [6.07, 6.45) is 7.88. The number of furan rings is 3. The number of ether oxygens (including phenoxy) is 4. The molecule has 12 rings (SSSR count). The van der Waals surface area contributed by atoms with Crippen molar-refractivity contribution in [1.82, 2.24) is 30.1 Å². The second-order valence-electron chi connectivity index (χ2n) is 30.1. The molecule has 0 saturated carbocycles. The van der Waals surface area contributed by atoms with Crippen LogP contribution in [0.4, 0.5) is 59.4 Å². The van der Waals surface area contributed by atoms with Crippen LogP contribution in [0.15, 0.2) is 178 Å². The second-order valence-corrected chi connectivity index (χ2v) is 30.1. The first kappa shape index (κ1) is 81.9. The highest BCUT2D eigenvalue weighted by molar-refractivity contribution is 6.00. The summed E-state index contributed by atoms with van der Waals surface area (Å²) in [6.45, 7) is 30.2. The largest absolute Gasteiger partial charge is 0.478 e. The lowest BCUT2D eigenvalue weighted by Gasteiger charge is -2.36. The zero-order valence-corrected chi connectivity index (χ0v) is 64.4. The quantitative estimate of drug-likeness (QED) is 0.0315. The van der Waals surface area contributed by atoms with Crippen molar-refractivity contribution in [2.75, 3.05) is 115 Å². The van der Waals surface area contributed by atoms with Crippen LogP contribution in [0.2, 0.25) is 0 Å². The number of piperazine rings is 3. The first-order valence-electron chi connectivity index (χ1n) is 36.2. The van der Waals surface area contributed by atoms with Gasteiger partial charge < -0.3 is 78.6 Å². The summed E-state index contributed by atoms with van der Waals surface area (Å²) in [5, 5.41) is 17.6. The number of carbonyl (C=O) groups is 7. The second kappa shape index (κ2) is 36.6. The standard InChI is InChI=1S/C31H38N4O6.C21H22N4O2.C15H21N3O4.C15H18N2O3/c1-30(2,3)40-28(37)33-24-11-9-21(26-8-7-17-39-26)18-23(24)19-25(36)22-10-12-27(32-20-22)34-13-15-35(16-14-34)29(38)41-31(4,5)6;22-18-5-3-15(20-2-1-11-27-20)12-17(18)13-19(26)16-4-6-21(24-14-16)25-9-7-23-8-10-25;1-15(2,3)22-14(21)18-8-6-17(7-9-18)12-5-4-11(10-16-12)13(19)20;1-15(2,3)20-14(18)17-12-7-6-10(9-11(12)16)13-5-4-8-19-13/h7-12,17-18,20H,13-16,19H2,1-6H3,(H,33,37);1-6,11-12,14,23H,7-10,13,22H2;4-5,10H,6-9H2,1-3H3,(H,19,20);4-9H,16H2,1-3H3,(H,17,18). The van der Waals surface area contributed by atoms with Crippen molar-refractivity contribution in [3.05, 3.63) is 193 Å². The third kappa shape index (κ3) is 24.9. The number of rotatable bonds is 15. The number of anilines is 7. The van der Waals surface area contributed by atoms with E-state index >= 15 is 0 Å². The van der Waals surface area contributed by atoms with Crippen molar-refractivity contribution in [1.29, 1.82) is 0 Å². The van der Waals surface area contributed by atoms with Gasteiger partial charge in [0.15, 0.2) is 11.6 Å². The third-order valence-corrected chi connectivity index (χ3v) is 16.8. The smallest absolute Gasteiger partial charge is 0.412 e. The Balaban J connectivity index is 0.000000176. The molecular weight excluding hydrogens is 1410 g/mol. The van der Waals surface area contributed by atoms with E-state index in [2.05, 4.69) is 40.7 Å². The Hall–Kier alpha value is -12.2. The van der Waals surface area contributed by atoms with Crippen molar-refractivity contribution < 1.29 is 70.9 Å². The van der Waals surface area contributed by atoms with Gasteiger partial charge in [-0.25, -0.2) is 38.9 Å². The summed E-state index contributed by atoms with van der Waals surface area (Å²) in [6, 6.07) is 37.8. The summed E-state index contributed by atoms with van der Waals surface area (Å²) >= 11 is 0. The zero-order valence-electron chi connectivity index (χ0n) is 64.4. The van der Waals surface area contributed by atoms with E-state index in [1.807, 2.05) is 125 Å². The van der Waals surface area contributed by atoms with Crippen molar-refractivity contribution in [3.63, 3.8) is 0 Å². The molecule has 3 aliphatic rings. The average molecular weight is 1510 g/mol. The molecule has 0 spiro atoms. The lowest BCUT2D eigenvalue weighted by Crippen LogP contribution is -2.50. The minimum absolute atomic E-state index is 0.00217. The minimum atomic E-state index is -0.992. The number of nitrogen functional groups attached to an aromatic ring is 2. The third-order valence-electron chi connectivity index (χ3n) is 16.8. The summed E-state index contributed by atoms with van der Waals surface area (Å²) in [7, 11) is 0. The monoisotopic (exact) mass is 1510 g/mol. The summed E-state index contributed by atoms with van der Waals surface area (Å²) in [4.78, 5) is 108. The molecule has 3 fully saturated rings. The Morgan fingerprint density at radius 2 is 0.791 bits per heavy atom. The molecule has 4 amide bonds. The topological polar surface area (TPSA) is 359 Å². The highest BCUT2D eigenvalue weighted by Crippen LogP contribution is 2.32. The summed E-state index contributed by atoms with van der Waals surface area (Å²) < 4.78 is 37.6. The predicted molar refractivity (Wildman–Crippen MR) is 422 cm³/mol. The van der Waals surface area contributed by atoms with Crippen LogP contribution in [-0.4, -0.2) is 173 Å². The molecule has 0 bridgehead atoms. The fourth-order valence-electron chi connectivity index (χ4n) is 11.4. The first-order valence-corrected chi connectivity index (χ1v) is 36.2. The van der Waals surface area contributed by atoms with Gasteiger partial charge in [-0.05, 0) is 222 Å². The van der Waals surface area contributed by atoms with E-state index in [-0.39, 0.29) is 42.2 Å². The molecule has 3 saturated heterocycles. The van der Waals surface area contributed by atoms with E-state index < -0.39 is 40.6 Å². The van der Waals surface area contributed by atoms with Crippen molar-refractivity contribution >= 4 is 82.1 Å². The minimum Gasteiger partial charge on any atom is -0.478 e. The molecule has 0 radical (unpaired) electrons. The number of Topliss-reactive ketones (excluding diaryl/α,β-unsaturated/α-hetero) is 2. The molecule has 3 aromatic carbocycles. The van der Waals surface area contributed by atoms with Crippen LogP contribution in [0.1, 0.15) is 125 Å². The summed E-state index contributed by atoms with van der Waals surface area (Å²) in [5.41, 5.74) is 17.0. The van der Waals surface area contributed by atoms with Crippen molar-refractivity contribution in [3.8, 4) is 34.0 Å². The molecule has 9 aromatic rings. The van der Waals surface area contributed by atoms with Crippen LogP contribution in [0.5, 0.6) is 0 Å². The van der Waals surface area contributed by atoms with E-state index in [9.17, 15) is 33.6 Å². The molecule has 8 N–H and O–H groups in total. The number of benzene rings is 3. The molecular formula is C82H99N13O15. The number of nitrogens with one attached hydrogen (secondary N) is 3. The lowest BCUT2D eigenvalue weighted by atomic mass is 9.99. The SMILES string of the molecule is CC(C)(C)OC(=O)N1CCN(c2ccc(C(=O)O)cn2)CC1.CC(C)(C)OC(=O)Nc1ccc(-c2ccco2)cc1CC(=O)c1ccc(N2CCN(C(=O)OC(C)(C)C)CC2)nc1.CC(C)(C)OC(=O)Nc1ccc(-c2ccco2)cc1N.Nc1ccc(-c2ccco2)cc1CC(=O)c1ccc(N2CCNCC2)nc1. The van der Waals surface area contributed by atoms with Crippen LogP contribution in [0.3, 0.4) is 0 Å². The number of hydrogen-bond acceptors (Lipinski definition) is 23. The van der Waals surface area contributed by atoms with Crippen LogP contribution in [-0.2, 0) is 31.8 Å². The predicted octanol–water partition coefficient (Wildman–Crippen LogP) is 14.6. The number of aromatic carboxylic acids is 1. The van der Waals surface area contributed by atoms with Crippen LogP contribution < -0.4 is 42.1 Å². The molecule has 3 aliphatic heterocycles. The van der Waals surface area contributed by atoms with Gasteiger partial charge in [0, 0.05) is 149 Å². The molecule has 0 unspecified atom stereocenters. The van der Waals surface area contributed by atoms with Gasteiger partial charge in [0.1, 0.15) is 57.1 Å². The van der Waals surface area contributed by atoms with Gasteiger partial charge in [0.2, 0.25) is 0 Å². The number of amides is 4. The van der Waals surface area contributed by atoms with Gasteiger partial charge in [-0.2, -0.15) is 0 Å². The molecule has 28 heteroatoms. The van der Waals surface area contributed by atoms with Gasteiger partial charge in [-0.3, -0.25) is 20.2 Å². The molecule has 582 valence electrons. The Morgan fingerprint density at radius 1 is 0.427 bits per heavy atom. The van der Waals surface area contributed by atoms with Crippen LogP contribution in [0.25, 0.3) is 34.0 Å². The normalized spacial score (nSPS) is 13.9. The molecule has 0 atom stereocenters.